The number of nitrogens with zero attached hydrogens (tertiary/aromatic N) is 2. The van der Waals surface area contributed by atoms with Crippen LogP contribution >= 0.6 is 0 Å². The number of carbonyl (C=O) groups excluding carboxylic acids is 4. The van der Waals surface area contributed by atoms with E-state index < -0.39 is 80.8 Å². The van der Waals surface area contributed by atoms with Crippen LogP contribution in [0, 0.1) is 11.8 Å². The lowest BCUT2D eigenvalue weighted by atomic mass is 10.0. The average molecular weight is 826 g/mol. The summed E-state index contributed by atoms with van der Waals surface area (Å²) in [6, 6.07) is 22.9. The first-order valence-electron chi connectivity index (χ1n) is 19.5. The van der Waals surface area contributed by atoms with Crippen molar-refractivity contribution >= 4 is 44.7 Å². The fourth-order valence-electron chi connectivity index (χ4n) is 7.24. The van der Waals surface area contributed by atoms with Gasteiger partial charge in [-0.15, -0.1) is 6.58 Å². The van der Waals surface area contributed by atoms with E-state index in [1.54, 1.807) is 90.3 Å². The SMILES string of the molecule is C=CC1CC1(NC(=O)C1C[C@@H](Oc2cc(-c3ccccc3)nc3cc(OC)ccc23)CN1C(=O)[C@@H](NC(=O)OC(C)(C)C)C(C)C)C(=O)NS(=O)(=O)Cc1ccccc1. The standard InChI is InChI=1S/C44H51N5O9S/c1-8-30-24-44(30,41(52)48-59(54,55)26-28-15-11-9-12-16-28)47-39(50)36-22-32(25-49(36)40(51)38(27(2)3)46-42(53)58-43(4,5)6)57-37-23-34(29-17-13-10-14-18-29)45-35-21-31(56-7)19-20-33(35)37/h8-21,23,27,30,32,36,38H,1,22,24-26H2,2-7H3,(H,46,53)(H,47,50)(H,48,52)/t30?,32-,36?,38+,44?/m1/s1. The molecule has 3 N–H and O–H groups in total. The van der Waals surface area contributed by atoms with E-state index in [1.807, 2.05) is 36.4 Å². The Balaban J connectivity index is 1.32. The quantitative estimate of drug-likeness (QED) is 0.137. The molecule has 4 amide bonds. The molecule has 1 aliphatic carbocycles. The number of hydrogen-bond donors (Lipinski definition) is 3. The molecule has 2 aliphatic rings. The fraction of sp³-hybridized carbons (Fsp3) is 0.386. The van der Waals surface area contributed by atoms with Crippen LogP contribution in [0.25, 0.3) is 22.2 Å². The highest BCUT2D eigenvalue weighted by atomic mass is 32.2. The van der Waals surface area contributed by atoms with Gasteiger partial charge in [0.15, 0.2) is 0 Å². The molecule has 6 rings (SSSR count). The summed E-state index contributed by atoms with van der Waals surface area (Å²) in [4.78, 5) is 62.0. The third-order valence-corrected chi connectivity index (χ3v) is 11.5. The van der Waals surface area contributed by atoms with Crippen molar-refractivity contribution in [1.29, 1.82) is 0 Å². The highest BCUT2D eigenvalue weighted by Crippen LogP contribution is 2.45. The van der Waals surface area contributed by atoms with Gasteiger partial charge in [0.1, 0.15) is 40.8 Å². The molecule has 59 heavy (non-hydrogen) atoms. The molecule has 0 bridgehead atoms. The van der Waals surface area contributed by atoms with Crippen molar-refractivity contribution in [3.63, 3.8) is 0 Å². The zero-order valence-electron chi connectivity index (χ0n) is 34.1. The van der Waals surface area contributed by atoms with Gasteiger partial charge in [-0.2, -0.15) is 0 Å². The third-order valence-electron chi connectivity index (χ3n) is 10.3. The number of sulfonamides is 1. The molecule has 1 aliphatic heterocycles. The lowest BCUT2D eigenvalue weighted by molar-refractivity contribution is -0.141. The van der Waals surface area contributed by atoms with E-state index >= 15 is 0 Å². The third kappa shape index (κ3) is 10.0. The van der Waals surface area contributed by atoms with Gasteiger partial charge in [0.25, 0.3) is 5.91 Å². The molecule has 1 saturated heterocycles. The van der Waals surface area contributed by atoms with Gasteiger partial charge < -0.3 is 29.7 Å². The number of aromatic nitrogens is 1. The van der Waals surface area contributed by atoms with Gasteiger partial charge in [-0.1, -0.05) is 80.6 Å². The Labute approximate surface area is 344 Å². The number of benzene rings is 3. The van der Waals surface area contributed by atoms with Crippen molar-refractivity contribution in [3.05, 3.63) is 103 Å². The van der Waals surface area contributed by atoms with E-state index in [2.05, 4.69) is 21.9 Å². The van der Waals surface area contributed by atoms with Gasteiger partial charge in [-0.3, -0.25) is 19.1 Å². The topological polar surface area (TPSA) is 182 Å². The molecular weight excluding hydrogens is 775 g/mol. The number of likely N-dealkylation sites (tertiary alicyclic amines) is 1. The number of carbonyl (C=O) groups is 4. The minimum atomic E-state index is -4.16. The molecule has 2 heterocycles. The lowest BCUT2D eigenvalue weighted by Crippen LogP contribution is -2.59. The summed E-state index contributed by atoms with van der Waals surface area (Å²) in [5, 5.41) is 6.16. The molecule has 0 spiro atoms. The zero-order valence-corrected chi connectivity index (χ0v) is 34.9. The predicted molar refractivity (Wildman–Crippen MR) is 223 cm³/mol. The highest BCUT2D eigenvalue weighted by Gasteiger charge is 2.61. The Morgan fingerprint density at radius 2 is 1.68 bits per heavy atom. The molecule has 14 nitrogen and oxygen atoms in total. The Morgan fingerprint density at radius 3 is 2.29 bits per heavy atom. The highest BCUT2D eigenvalue weighted by molar-refractivity contribution is 7.89. The van der Waals surface area contributed by atoms with Crippen LogP contribution in [0.1, 0.15) is 53.0 Å². The Kier molecular flexibility index (Phi) is 12.4. The van der Waals surface area contributed by atoms with Crippen LogP contribution < -0.4 is 24.8 Å². The number of hydrogen-bond acceptors (Lipinski definition) is 10. The maximum atomic E-state index is 14.5. The molecule has 1 saturated carbocycles. The first-order chi connectivity index (χ1) is 27.9. The van der Waals surface area contributed by atoms with Crippen LogP contribution in [-0.2, 0) is 34.9 Å². The molecule has 5 atom stereocenters. The van der Waals surface area contributed by atoms with Crippen molar-refractivity contribution in [3.8, 4) is 22.8 Å². The van der Waals surface area contributed by atoms with E-state index in [9.17, 15) is 27.6 Å². The van der Waals surface area contributed by atoms with E-state index in [-0.39, 0.29) is 19.4 Å². The summed E-state index contributed by atoms with van der Waals surface area (Å²) in [5.41, 5.74) is 0.0719. The van der Waals surface area contributed by atoms with Crippen molar-refractivity contribution in [2.24, 2.45) is 11.8 Å². The number of pyridine rings is 1. The fourth-order valence-corrected chi connectivity index (χ4v) is 8.41. The van der Waals surface area contributed by atoms with Crippen molar-refractivity contribution in [1.82, 2.24) is 25.2 Å². The van der Waals surface area contributed by atoms with Crippen LogP contribution in [0.3, 0.4) is 0 Å². The van der Waals surface area contributed by atoms with Crippen molar-refractivity contribution in [2.45, 2.75) is 82.5 Å². The van der Waals surface area contributed by atoms with Crippen LogP contribution in [0.4, 0.5) is 4.79 Å². The van der Waals surface area contributed by atoms with Crippen molar-refractivity contribution in [2.75, 3.05) is 13.7 Å². The van der Waals surface area contributed by atoms with Gasteiger partial charge in [-0.25, -0.2) is 18.2 Å². The Hall–Kier alpha value is -5.96. The molecule has 0 radical (unpaired) electrons. The van der Waals surface area contributed by atoms with E-state index in [0.29, 0.717) is 33.7 Å². The molecule has 1 aromatic heterocycles. The monoisotopic (exact) mass is 825 g/mol. The number of nitrogens with one attached hydrogen (secondary N) is 3. The summed E-state index contributed by atoms with van der Waals surface area (Å²) >= 11 is 0. The molecule has 2 fully saturated rings. The Bertz CT molecular complexity index is 2330. The molecular formula is C44H51N5O9S. The van der Waals surface area contributed by atoms with Crippen LogP contribution in [-0.4, -0.2) is 85.1 Å². The predicted octanol–water partition coefficient (Wildman–Crippen LogP) is 5.52. The number of rotatable bonds is 14. The number of alkyl carbamates (subject to hydrolysis) is 1. The first kappa shape index (κ1) is 42.6. The number of methoxy groups -OCH3 is 1. The summed E-state index contributed by atoms with van der Waals surface area (Å²) in [5.74, 6) is -2.57. The van der Waals surface area contributed by atoms with E-state index in [1.165, 1.54) is 11.0 Å². The van der Waals surface area contributed by atoms with Crippen LogP contribution in [0.15, 0.2) is 97.6 Å². The van der Waals surface area contributed by atoms with Gasteiger partial charge in [0.2, 0.25) is 21.8 Å². The van der Waals surface area contributed by atoms with Gasteiger partial charge >= 0.3 is 6.09 Å². The normalized spacial score (nSPS) is 20.7. The summed E-state index contributed by atoms with van der Waals surface area (Å²) in [7, 11) is -2.59. The second kappa shape index (κ2) is 17.1. The molecule has 15 heteroatoms. The Morgan fingerprint density at radius 1 is 1.00 bits per heavy atom. The number of amides is 4. The maximum absolute atomic E-state index is 14.5. The smallest absolute Gasteiger partial charge is 0.408 e. The maximum Gasteiger partial charge on any atom is 0.408 e. The first-order valence-corrected chi connectivity index (χ1v) is 21.1. The lowest BCUT2D eigenvalue weighted by Gasteiger charge is -2.31. The largest absolute Gasteiger partial charge is 0.497 e. The average Bonchev–Trinajstić information content (AvgIpc) is 3.74. The molecule has 3 aromatic carbocycles. The van der Waals surface area contributed by atoms with Gasteiger partial charge in [0, 0.05) is 35.4 Å². The number of ether oxygens (including phenoxy) is 3. The molecule has 3 unspecified atom stereocenters. The zero-order chi connectivity index (χ0) is 42.7. The second-order valence-electron chi connectivity index (χ2n) is 16.3. The summed E-state index contributed by atoms with van der Waals surface area (Å²) in [6.07, 6.45) is 0.0346. The molecule has 312 valence electrons. The minimum Gasteiger partial charge on any atom is -0.497 e. The van der Waals surface area contributed by atoms with Crippen LogP contribution in [0.5, 0.6) is 11.5 Å². The van der Waals surface area contributed by atoms with E-state index in [4.69, 9.17) is 19.2 Å². The second-order valence-corrected chi connectivity index (χ2v) is 18.0. The minimum absolute atomic E-state index is 0.00176. The molecule has 4 aromatic rings. The van der Waals surface area contributed by atoms with Gasteiger partial charge in [0.05, 0.1) is 30.6 Å². The van der Waals surface area contributed by atoms with Crippen molar-refractivity contribution < 1.29 is 41.8 Å². The number of fused-ring (bicyclic) bond motifs is 1. The van der Waals surface area contributed by atoms with Crippen LogP contribution in [0.2, 0.25) is 0 Å². The van der Waals surface area contributed by atoms with E-state index in [0.717, 1.165) is 5.56 Å². The summed E-state index contributed by atoms with van der Waals surface area (Å²) in [6.45, 7) is 12.4. The van der Waals surface area contributed by atoms with Gasteiger partial charge in [-0.05, 0) is 50.8 Å². The summed E-state index contributed by atoms with van der Waals surface area (Å²) < 4.78 is 46.1.